The van der Waals surface area contributed by atoms with Crippen LogP contribution < -0.4 is 5.32 Å². The lowest BCUT2D eigenvalue weighted by Gasteiger charge is -2.35. The van der Waals surface area contributed by atoms with Gasteiger partial charge in [0.25, 0.3) is 0 Å². The van der Waals surface area contributed by atoms with Crippen molar-refractivity contribution in [1.82, 2.24) is 5.32 Å². The van der Waals surface area contributed by atoms with Gasteiger partial charge >= 0.3 is 0 Å². The number of carbonyl (C=O) groups is 2. The van der Waals surface area contributed by atoms with Crippen molar-refractivity contribution in [1.29, 1.82) is 0 Å². The van der Waals surface area contributed by atoms with Crippen LogP contribution in [0.15, 0.2) is 47.1 Å². The summed E-state index contributed by atoms with van der Waals surface area (Å²) < 4.78 is 5.37. The van der Waals surface area contributed by atoms with Crippen LogP contribution in [-0.2, 0) is 15.0 Å². The maximum atomic E-state index is 12.3. The zero-order valence-electron chi connectivity index (χ0n) is 11.9. The van der Waals surface area contributed by atoms with E-state index < -0.39 is 5.41 Å². The summed E-state index contributed by atoms with van der Waals surface area (Å²) in [5, 5.41) is 2.47. The predicted octanol–water partition coefficient (Wildman–Crippen LogP) is 3.03. The number of benzene rings is 1. The quantitative estimate of drug-likeness (QED) is 0.881. The summed E-state index contributed by atoms with van der Waals surface area (Å²) in [5.41, 5.74) is 1.32. The highest BCUT2D eigenvalue weighted by atomic mass is 16.3. The van der Waals surface area contributed by atoms with Crippen LogP contribution in [-0.4, -0.2) is 11.8 Å². The van der Waals surface area contributed by atoms with Gasteiger partial charge in [0.2, 0.25) is 11.8 Å². The van der Waals surface area contributed by atoms with Crippen molar-refractivity contribution in [3.63, 3.8) is 0 Å². The highest BCUT2D eigenvalue weighted by molar-refractivity contribution is 6.03. The van der Waals surface area contributed by atoms with E-state index in [0.717, 1.165) is 16.9 Å². The molecule has 0 bridgehead atoms. The monoisotopic (exact) mass is 283 g/mol. The molecule has 3 rings (SSSR count). The van der Waals surface area contributed by atoms with Gasteiger partial charge in [0.05, 0.1) is 11.7 Å². The minimum Gasteiger partial charge on any atom is -0.464 e. The molecule has 0 radical (unpaired) electrons. The van der Waals surface area contributed by atoms with Gasteiger partial charge in [-0.05, 0) is 30.5 Å². The van der Waals surface area contributed by atoms with Gasteiger partial charge in [-0.15, -0.1) is 0 Å². The van der Waals surface area contributed by atoms with Gasteiger partial charge in [-0.3, -0.25) is 14.9 Å². The molecule has 1 N–H and O–H groups in total. The van der Waals surface area contributed by atoms with Crippen molar-refractivity contribution >= 4 is 11.8 Å². The molecule has 2 amide bonds. The van der Waals surface area contributed by atoms with E-state index in [-0.39, 0.29) is 11.8 Å². The van der Waals surface area contributed by atoms with E-state index in [1.54, 1.807) is 6.26 Å². The molecule has 1 saturated heterocycles. The summed E-state index contributed by atoms with van der Waals surface area (Å²) in [6, 6.07) is 11.6. The van der Waals surface area contributed by atoms with Gasteiger partial charge < -0.3 is 4.42 Å². The van der Waals surface area contributed by atoms with Crippen LogP contribution in [0.3, 0.4) is 0 Å². The van der Waals surface area contributed by atoms with Crippen LogP contribution in [0.1, 0.15) is 31.7 Å². The molecule has 1 fully saturated rings. The molecule has 1 aliphatic rings. The lowest BCUT2D eigenvalue weighted by atomic mass is 9.72. The Balaban J connectivity index is 1.95. The van der Waals surface area contributed by atoms with Crippen molar-refractivity contribution in [2.24, 2.45) is 0 Å². The maximum Gasteiger partial charge on any atom is 0.237 e. The number of hydrogen-bond acceptors (Lipinski definition) is 3. The van der Waals surface area contributed by atoms with Crippen molar-refractivity contribution < 1.29 is 14.0 Å². The van der Waals surface area contributed by atoms with Crippen molar-refractivity contribution in [3.05, 3.63) is 48.2 Å². The topological polar surface area (TPSA) is 59.3 Å². The minimum absolute atomic E-state index is 0.184. The molecule has 1 atom stereocenters. The third kappa shape index (κ3) is 2.27. The summed E-state index contributed by atoms with van der Waals surface area (Å²) in [4.78, 5) is 23.7. The highest BCUT2D eigenvalue weighted by Gasteiger charge is 2.42. The molecule has 1 unspecified atom stereocenters. The van der Waals surface area contributed by atoms with E-state index in [1.165, 1.54) is 0 Å². The number of hydrogen-bond donors (Lipinski definition) is 1. The Kier molecular flexibility index (Phi) is 3.37. The molecule has 0 saturated carbocycles. The molecular formula is C17H17NO3. The molecule has 2 heterocycles. The number of piperidine rings is 1. The lowest BCUT2D eigenvalue weighted by Crippen LogP contribution is -2.51. The summed E-state index contributed by atoms with van der Waals surface area (Å²) in [6.07, 6.45) is 3.26. The predicted molar refractivity (Wildman–Crippen MR) is 78.5 cm³/mol. The average Bonchev–Trinajstić information content (AvgIpc) is 3.03. The number of carbonyl (C=O) groups excluding carboxylic acids is 2. The smallest absolute Gasteiger partial charge is 0.237 e. The summed E-state index contributed by atoms with van der Waals surface area (Å²) in [7, 11) is 0. The first-order chi connectivity index (χ1) is 10.2. The highest BCUT2D eigenvalue weighted by Crippen LogP contribution is 2.36. The van der Waals surface area contributed by atoms with Gasteiger partial charge in [0.1, 0.15) is 5.76 Å². The zero-order chi connectivity index (χ0) is 14.9. The second-order valence-corrected chi connectivity index (χ2v) is 5.37. The number of rotatable bonds is 3. The van der Waals surface area contributed by atoms with Gasteiger partial charge in [-0.25, -0.2) is 0 Å². The molecule has 4 nitrogen and oxygen atoms in total. The lowest BCUT2D eigenvalue weighted by molar-refractivity contribution is -0.138. The Morgan fingerprint density at radius 3 is 2.52 bits per heavy atom. The SMILES string of the molecule is CCC1(c2ccc(-c3ccco3)cc2)CCC(=O)NC1=O. The van der Waals surface area contributed by atoms with Crippen LogP contribution in [0, 0.1) is 0 Å². The molecule has 1 aromatic carbocycles. The van der Waals surface area contributed by atoms with E-state index in [9.17, 15) is 9.59 Å². The summed E-state index contributed by atoms with van der Waals surface area (Å²) in [5.74, 6) is 0.429. The van der Waals surface area contributed by atoms with Gasteiger partial charge in [0.15, 0.2) is 0 Å². The fraction of sp³-hybridized carbons (Fsp3) is 0.294. The molecule has 1 aliphatic heterocycles. The first-order valence-corrected chi connectivity index (χ1v) is 7.14. The van der Waals surface area contributed by atoms with E-state index in [0.29, 0.717) is 19.3 Å². The number of amides is 2. The molecule has 2 aromatic rings. The zero-order valence-corrected chi connectivity index (χ0v) is 11.9. The second kappa shape index (κ2) is 5.20. The second-order valence-electron chi connectivity index (χ2n) is 5.37. The third-order valence-electron chi connectivity index (χ3n) is 4.31. The standard InChI is InChI=1S/C17H17NO3/c1-2-17(10-9-15(19)18-16(17)20)13-7-5-12(6-8-13)14-4-3-11-21-14/h3-8,11H,2,9-10H2,1H3,(H,18,19,20). The van der Waals surface area contributed by atoms with Crippen LogP contribution >= 0.6 is 0 Å². The summed E-state index contributed by atoms with van der Waals surface area (Å²) >= 11 is 0. The Bertz CT molecular complexity index is 658. The van der Waals surface area contributed by atoms with Crippen LogP contribution in [0.2, 0.25) is 0 Å². The van der Waals surface area contributed by atoms with E-state index >= 15 is 0 Å². The Morgan fingerprint density at radius 1 is 1.19 bits per heavy atom. The normalized spacial score (nSPS) is 22.1. The van der Waals surface area contributed by atoms with Gasteiger partial charge in [-0.1, -0.05) is 31.2 Å². The molecular weight excluding hydrogens is 266 g/mol. The fourth-order valence-electron chi connectivity index (χ4n) is 2.96. The van der Waals surface area contributed by atoms with Crippen molar-refractivity contribution in [2.45, 2.75) is 31.6 Å². The fourth-order valence-corrected chi connectivity index (χ4v) is 2.96. The van der Waals surface area contributed by atoms with Gasteiger partial charge in [0, 0.05) is 12.0 Å². The van der Waals surface area contributed by atoms with E-state index in [2.05, 4.69) is 5.32 Å². The Morgan fingerprint density at radius 2 is 1.95 bits per heavy atom. The summed E-state index contributed by atoms with van der Waals surface area (Å²) in [6.45, 7) is 1.98. The Hall–Kier alpha value is -2.36. The molecule has 108 valence electrons. The van der Waals surface area contributed by atoms with E-state index in [4.69, 9.17) is 4.42 Å². The first kappa shape index (κ1) is 13.6. The largest absolute Gasteiger partial charge is 0.464 e. The number of furan rings is 1. The number of imide groups is 1. The van der Waals surface area contributed by atoms with Crippen LogP contribution in [0.5, 0.6) is 0 Å². The molecule has 21 heavy (non-hydrogen) atoms. The average molecular weight is 283 g/mol. The third-order valence-corrected chi connectivity index (χ3v) is 4.31. The molecule has 4 heteroatoms. The number of nitrogens with one attached hydrogen (secondary N) is 1. The van der Waals surface area contributed by atoms with Crippen LogP contribution in [0.4, 0.5) is 0 Å². The van der Waals surface area contributed by atoms with Crippen LogP contribution in [0.25, 0.3) is 11.3 Å². The molecule has 0 aliphatic carbocycles. The molecule has 0 spiro atoms. The van der Waals surface area contributed by atoms with Crippen molar-refractivity contribution in [3.8, 4) is 11.3 Å². The first-order valence-electron chi connectivity index (χ1n) is 7.14. The van der Waals surface area contributed by atoms with E-state index in [1.807, 2.05) is 43.3 Å². The Labute approximate surface area is 123 Å². The molecule has 1 aromatic heterocycles. The van der Waals surface area contributed by atoms with Gasteiger partial charge in [-0.2, -0.15) is 0 Å². The maximum absolute atomic E-state index is 12.3. The minimum atomic E-state index is -0.602. The van der Waals surface area contributed by atoms with Crippen molar-refractivity contribution in [2.75, 3.05) is 0 Å².